The van der Waals surface area contributed by atoms with Gasteiger partial charge in [0.05, 0.1) is 15.4 Å². The molecule has 124 valence electrons. The molecule has 2 aromatic rings. The maximum absolute atomic E-state index is 12.2. The molecule has 0 spiro atoms. The number of para-hydroxylation sites is 1. The molecule has 2 aromatic carbocycles. The van der Waals surface area contributed by atoms with Gasteiger partial charge in [-0.1, -0.05) is 24.3 Å². The Bertz CT molecular complexity index is 947. The van der Waals surface area contributed by atoms with Crippen molar-refractivity contribution in [1.29, 1.82) is 0 Å². The van der Waals surface area contributed by atoms with Crippen molar-refractivity contribution in [3.05, 3.63) is 69.8 Å². The Balaban J connectivity index is 2.40. The van der Waals surface area contributed by atoms with Crippen molar-refractivity contribution in [3.8, 4) is 5.75 Å². The number of sulfone groups is 1. The van der Waals surface area contributed by atoms with Crippen LogP contribution in [0, 0.1) is 10.1 Å². The number of benzene rings is 2. The Hall–Kier alpha value is -3.00. The maximum atomic E-state index is 12.2. The quantitative estimate of drug-likeness (QED) is 0.385. The summed E-state index contributed by atoms with van der Waals surface area (Å²) >= 11 is 0. The molecule has 24 heavy (non-hydrogen) atoms. The van der Waals surface area contributed by atoms with Crippen LogP contribution in [0.15, 0.2) is 53.4 Å². The van der Waals surface area contributed by atoms with Crippen molar-refractivity contribution in [1.82, 2.24) is 0 Å². The molecule has 0 aliphatic heterocycles. The maximum Gasteiger partial charge on any atom is 0.311 e. The largest absolute Gasteiger partial charge is 0.502 e. The molecule has 1 N–H and O–H groups in total. The molecule has 7 nitrogen and oxygen atoms in total. The minimum atomic E-state index is -3.47. The molecule has 0 aliphatic rings. The number of carbonyl (C=O) groups is 1. The molecular weight excluding hydrogens is 334 g/mol. The fourth-order valence-electron chi connectivity index (χ4n) is 2.09. The highest BCUT2D eigenvalue weighted by molar-refractivity contribution is 7.90. The molecule has 0 aliphatic carbocycles. The second-order valence-corrected chi connectivity index (χ2v) is 6.92. The van der Waals surface area contributed by atoms with E-state index in [0.29, 0.717) is 5.56 Å². The van der Waals surface area contributed by atoms with Crippen molar-refractivity contribution in [3.63, 3.8) is 0 Å². The molecule has 0 amide bonds. The first kappa shape index (κ1) is 17.4. The Morgan fingerprint density at radius 2 is 1.83 bits per heavy atom. The van der Waals surface area contributed by atoms with E-state index in [1.165, 1.54) is 30.3 Å². The molecule has 0 fully saturated rings. The van der Waals surface area contributed by atoms with Crippen LogP contribution in [0.5, 0.6) is 5.75 Å². The number of ketones is 1. The van der Waals surface area contributed by atoms with Crippen LogP contribution < -0.4 is 0 Å². The van der Waals surface area contributed by atoms with E-state index in [1.807, 2.05) is 0 Å². The number of hydrogen-bond acceptors (Lipinski definition) is 6. The SMILES string of the molecule is CS(=O)(=O)c1ccccc1C=CC(=O)c1cccc([N+](=O)[O-])c1O. The van der Waals surface area contributed by atoms with Gasteiger partial charge >= 0.3 is 5.69 Å². The van der Waals surface area contributed by atoms with Gasteiger partial charge < -0.3 is 5.11 Å². The van der Waals surface area contributed by atoms with Crippen LogP contribution in [0.1, 0.15) is 15.9 Å². The van der Waals surface area contributed by atoms with Gasteiger partial charge in [0.15, 0.2) is 15.6 Å². The number of nitrogens with zero attached hydrogens (tertiary/aromatic N) is 1. The zero-order valence-electron chi connectivity index (χ0n) is 12.5. The first-order valence-electron chi connectivity index (χ1n) is 6.69. The molecule has 0 heterocycles. The van der Waals surface area contributed by atoms with E-state index < -0.39 is 32.0 Å². The van der Waals surface area contributed by atoms with Crippen molar-refractivity contribution in [2.45, 2.75) is 4.90 Å². The molecule has 0 saturated heterocycles. The van der Waals surface area contributed by atoms with E-state index >= 15 is 0 Å². The zero-order valence-corrected chi connectivity index (χ0v) is 13.4. The van der Waals surface area contributed by atoms with E-state index in [-0.39, 0.29) is 10.5 Å². The topological polar surface area (TPSA) is 115 Å². The first-order valence-corrected chi connectivity index (χ1v) is 8.59. The van der Waals surface area contributed by atoms with Gasteiger partial charge in [0.2, 0.25) is 5.75 Å². The average molecular weight is 347 g/mol. The Morgan fingerprint density at radius 3 is 2.46 bits per heavy atom. The third-order valence-electron chi connectivity index (χ3n) is 3.21. The second-order valence-electron chi connectivity index (χ2n) is 4.94. The van der Waals surface area contributed by atoms with Crippen molar-refractivity contribution in [2.75, 3.05) is 6.26 Å². The summed E-state index contributed by atoms with van der Waals surface area (Å²) in [6.45, 7) is 0. The standard InChI is InChI=1S/C16H13NO6S/c1-24(22,23)15-8-3-2-5-11(15)9-10-14(18)12-6-4-7-13(16(12)19)17(20)21/h2-10,19H,1H3. The lowest BCUT2D eigenvalue weighted by Crippen LogP contribution is -2.00. The highest BCUT2D eigenvalue weighted by Crippen LogP contribution is 2.30. The molecule has 0 unspecified atom stereocenters. The van der Waals surface area contributed by atoms with Crippen LogP contribution in [0.3, 0.4) is 0 Å². The lowest BCUT2D eigenvalue weighted by molar-refractivity contribution is -0.385. The van der Waals surface area contributed by atoms with Gasteiger partial charge in [-0.3, -0.25) is 14.9 Å². The molecular formula is C16H13NO6S. The van der Waals surface area contributed by atoms with Crippen LogP contribution in [0.4, 0.5) is 5.69 Å². The average Bonchev–Trinajstić information content (AvgIpc) is 2.52. The number of hydrogen-bond donors (Lipinski definition) is 1. The zero-order chi connectivity index (χ0) is 17.9. The Kier molecular flexibility index (Phi) is 4.79. The lowest BCUT2D eigenvalue weighted by atomic mass is 10.1. The number of carbonyl (C=O) groups excluding carboxylic acids is 1. The minimum absolute atomic E-state index is 0.0531. The van der Waals surface area contributed by atoms with E-state index in [9.17, 15) is 28.4 Å². The third-order valence-corrected chi connectivity index (χ3v) is 4.38. The van der Waals surface area contributed by atoms with Gasteiger partial charge in [-0.25, -0.2) is 8.42 Å². The summed E-state index contributed by atoms with van der Waals surface area (Å²) in [5, 5.41) is 20.6. The Morgan fingerprint density at radius 1 is 1.17 bits per heavy atom. The van der Waals surface area contributed by atoms with Crippen LogP contribution in [-0.2, 0) is 9.84 Å². The molecule has 0 bridgehead atoms. The molecule has 0 radical (unpaired) electrons. The predicted molar refractivity (Wildman–Crippen MR) is 87.7 cm³/mol. The van der Waals surface area contributed by atoms with E-state index in [0.717, 1.165) is 18.4 Å². The summed E-state index contributed by atoms with van der Waals surface area (Å²) in [6.07, 6.45) is 3.40. The third kappa shape index (κ3) is 3.66. The summed E-state index contributed by atoms with van der Waals surface area (Å²) in [4.78, 5) is 22.2. The second kappa shape index (κ2) is 6.63. The van der Waals surface area contributed by atoms with Crippen molar-refractivity contribution in [2.24, 2.45) is 0 Å². The molecule has 0 aromatic heterocycles. The highest BCUT2D eigenvalue weighted by atomic mass is 32.2. The van der Waals surface area contributed by atoms with Gasteiger partial charge in [-0.2, -0.15) is 0 Å². The van der Waals surface area contributed by atoms with E-state index in [2.05, 4.69) is 0 Å². The predicted octanol–water partition coefficient (Wildman–Crippen LogP) is 2.60. The lowest BCUT2D eigenvalue weighted by Gasteiger charge is -2.03. The van der Waals surface area contributed by atoms with Gasteiger partial charge in [-0.05, 0) is 29.8 Å². The molecule has 0 atom stereocenters. The van der Waals surface area contributed by atoms with Gasteiger partial charge in [0, 0.05) is 12.3 Å². The van der Waals surface area contributed by atoms with E-state index in [1.54, 1.807) is 12.1 Å². The van der Waals surface area contributed by atoms with Gasteiger partial charge in [0.25, 0.3) is 0 Å². The van der Waals surface area contributed by atoms with Crippen molar-refractivity contribution >= 4 is 27.4 Å². The van der Waals surface area contributed by atoms with E-state index in [4.69, 9.17) is 0 Å². The number of phenols is 1. The van der Waals surface area contributed by atoms with Crippen molar-refractivity contribution < 1.29 is 23.2 Å². The summed E-state index contributed by atoms with van der Waals surface area (Å²) < 4.78 is 23.4. The van der Waals surface area contributed by atoms with Gasteiger partial charge in [0.1, 0.15) is 0 Å². The van der Waals surface area contributed by atoms with Crippen LogP contribution >= 0.6 is 0 Å². The summed E-state index contributed by atoms with van der Waals surface area (Å²) in [5.74, 6) is -1.41. The number of nitro groups is 1. The van der Waals surface area contributed by atoms with Crippen LogP contribution in [0.25, 0.3) is 6.08 Å². The fourth-order valence-corrected chi connectivity index (χ4v) is 2.98. The van der Waals surface area contributed by atoms with Crippen LogP contribution in [0.2, 0.25) is 0 Å². The normalized spacial score (nSPS) is 11.5. The summed E-state index contributed by atoms with van der Waals surface area (Å²) in [5.41, 5.74) is -0.513. The molecule has 2 rings (SSSR count). The molecule has 8 heteroatoms. The highest BCUT2D eigenvalue weighted by Gasteiger charge is 2.19. The smallest absolute Gasteiger partial charge is 0.311 e. The number of nitro benzene ring substituents is 1. The van der Waals surface area contributed by atoms with Crippen LogP contribution in [-0.4, -0.2) is 30.5 Å². The minimum Gasteiger partial charge on any atom is -0.502 e. The monoisotopic (exact) mass is 347 g/mol. The number of rotatable bonds is 5. The number of phenolic OH excluding ortho intramolecular Hbond substituents is 1. The number of aromatic hydroxyl groups is 1. The summed E-state index contributed by atoms with van der Waals surface area (Å²) in [6, 6.07) is 9.71. The number of allylic oxidation sites excluding steroid dienone is 1. The fraction of sp³-hybridized carbons (Fsp3) is 0.0625. The first-order chi connectivity index (χ1) is 11.2. The van der Waals surface area contributed by atoms with Gasteiger partial charge in [-0.15, -0.1) is 0 Å². The summed E-state index contributed by atoms with van der Waals surface area (Å²) in [7, 11) is -3.47. The Labute approximate surface area is 137 Å². The molecule has 0 saturated carbocycles.